The van der Waals surface area contributed by atoms with Crippen molar-refractivity contribution in [1.29, 1.82) is 0 Å². The van der Waals surface area contributed by atoms with Crippen LogP contribution < -0.4 is 15.0 Å². The minimum Gasteiger partial charge on any atom is -0.487 e. The minimum absolute atomic E-state index is 0.200. The fraction of sp³-hybridized carbons (Fsp3) is 0.471. The molecule has 2 atom stereocenters. The molecule has 42 heavy (non-hydrogen) atoms. The number of aromatic nitrogens is 1. The zero-order valence-corrected chi connectivity index (χ0v) is 26.1. The van der Waals surface area contributed by atoms with E-state index >= 15 is 0 Å². The third-order valence-electron chi connectivity index (χ3n) is 7.83. The first-order valence-corrected chi connectivity index (χ1v) is 15.3. The lowest BCUT2D eigenvalue weighted by atomic mass is 9.93. The molecule has 5 rings (SSSR count). The number of carbonyl (C=O) groups excluding carboxylic acids is 1. The van der Waals surface area contributed by atoms with Crippen molar-refractivity contribution < 1.29 is 19.0 Å². The smallest absolute Gasteiger partial charge is 0.312 e. The number of aryl methyl sites for hydroxylation is 1. The van der Waals surface area contributed by atoms with Crippen molar-refractivity contribution >= 4 is 23.4 Å². The molecule has 0 saturated carbocycles. The van der Waals surface area contributed by atoms with Crippen LogP contribution in [-0.2, 0) is 33.8 Å². The van der Waals surface area contributed by atoms with Crippen molar-refractivity contribution in [2.75, 3.05) is 31.1 Å². The molecule has 1 N–H and O–H groups in total. The maximum Gasteiger partial charge on any atom is 0.312 e. The number of rotatable bonds is 8. The summed E-state index contributed by atoms with van der Waals surface area (Å²) in [7, 11) is 0. The predicted octanol–water partition coefficient (Wildman–Crippen LogP) is 6.51. The Morgan fingerprint density at radius 1 is 1.17 bits per heavy atom. The maximum absolute atomic E-state index is 12.9. The van der Waals surface area contributed by atoms with E-state index < -0.39 is 5.60 Å². The van der Waals surface area contributed by atoms with Crippen LogP contribution in [-0.4, -0.2) is 48.9 Å². The topological polar surface area (TPSA) is 72.9 Å². The summed E-state index contributed by atoms with van der Waals surface area (Å²) in [4.78, 5) is 20.1. The van der Waals surface area contributed by atoms with Crippen molar-refractivity contribution in [2.45, 2.75) is 72.3 Å². The predicted molar refractivity (Wildman–Crippen MR) is 167 cm³/mol. The molecular weight excluding hydrogens is 550 g/mol. The van der Waals surface area contributed by atoms with Crippen LogP contribution in [0.15, 0.2) is 48.5 Å². The number of para-hydroxylation sites is 1. The number of fused-ring (bicyclic) bond motifs is 1. The van der Waals surface area contributed by atoms with Crippen molar-refractivity contribution in [3.8, 4) is 17.0 Å². The molecule has 7 nitrogen and oxygen atoms in total. The van der Waals surface area contributed by atoms with E-state index in [1.165, 1.54) is 16.7 Å². The number of halogens is 1. The normalized spacial score (nSPS) is 18.9. The maximum atomic E-state index is 12.9. The number of benzene rings is 2. The van der Waals surface area contributed by atoms with E-state index in [4.69, 9.17) is 30.8 Å². The fourth-order valence-electron chi connectivity index (χ4n) is 5.88. The van der Waals surface area contributed by atoms with Gasteiger partial charge in [-0.25, -0.2) is 4.98 Å². The summed E-state index contributed by atoms with van der Waals surface area (Å²) < 4.78 is 18.1. The van der Waals surface area contributed by atoms with Crippen LogP contribution in [0.4, 0.5) is 5.82 Å². The van der Waals surface area contributed by atoms with Gasteiger partial charge in [0.25, 0.3) is 0 Å². The van der Waals surface area contributed by atoms with Gasteiger partial charge < -0.3 is 24.4 Å². The summed E-state index contributed by atoms with van der Waals surface area (Å²) in [6, 6.07) is 16.2. The van der Waals surface area contributed by atoms with Gasteiger partial charge in [0, 0.05) is 31.8 Å². The van der Waals surface area contributed by atoms with Crippen LogP contribution in [0.1, 0.15) is 56.4 Å². The highest BCUT2D eigenvalue weighted by Crippen LogP contribution is 2.37. The van der Waals surface area contributed by atoms with Gasteiger partial charge in [0.15, 0.2) is 0 Å². The summed E-state index contributed by atoms with van der Waals surface area (Å²) in [6.45, 7) is 13.9. The van der Waals surface area contributed by atoms with Crippen molar-refractivity contribution in [3.05, 3.63) is 75.8 Å². The van der Waals surface area contributed by atoms with Crippen molar-refractivity contribution in [1.82, 2.24) is 10.3 Å². The zero-order valence-electron chi connectivity index (χ0n) is 25.3. The Morgan fingerprint density at radius 2 is 1.98 bits per heavy atom. The average molecular weight is 592 g/mol. The molecule has 0 radical (unpaired) electrons. The number of ether oxygens (including phenoxy) is 3. The Labute approximate surface area is 254 Å². The lowest BCUT2D eigenvalue weighted by Gasteiger charge is -2.38. The molecule has 3 aromatic rings. The van der Waals surface area contributed by atoms with Crippen LogP contribution in [0.25, 0.3) is 11.3 Å². The molecule has 2 aromatic carbocycles. The van der Waals surface area contributed by atoms with Crippen LogP contribution in [0.5, 0.6) is 5.75 Å². The van der Waals surface area contributed by atoms with Gasteiger partial charge in [-0.2, -0.15) is 0 Å². The monoisotopic (exact) mass is 591 g/mol. The number of piperidine rings is 1. The van der Waals surface area contributed by atoms with E-state index in [1.54, 1.807) is 0 Å². The van der Waals surface area contributed by atoms with E-state index in [0.717, 1.165) is 42.1 Å². The van der Waals surface area contributed by atoms with Gasteiger partial charge in [0.1, 0.15) is 23.8 Å². The van der Waals surface area contributed by atoms with Gasteiger partial charge in [0.05, 0.1) is 22.7 Å². The molecule has 1 aromatic heterocycles. The number of nitrogens with zero attached hydrogens (tertiary/aromatic N) is 2. The summed E-state index contributed by atoms with van der Waals surface area (Å²) in [6.07, 6.45) is 1.38. The molecule has 0 aliphatic carbocycles. The summed E-state index contributed by atoms with van der Waals surface area (Å²) in [5, 5.41) is 4.01. The molecule has 0 amide bonds. The number of hydrogen-bond acceptors (Lipinski definition) is 7. The van der Waals surface area contributed by atoms with Gasteiger partial charge >= 0.3 is 5.97 Å². The second-order valence-electron chi connectivity index (χ2n) is 12.1. The molecule has 1 saturated heterocycles. The largest absolute Gasteiger partial charge is 0.487 e. The molecule has 0 bridgehead atoms. The summed E-state index contributed by atoms with van der Waals surface area (Å²) in [5.41, 5.74) is 6.29. The molecule has 3 heterocycles. The third-order valence-corrected chi connectivity index (χ3v) is 8.13. The minimum atomic E-state index is -0.534. The molecule has 0 spiro atoms. The van der Waals surface area contributed by atoms with Crippen LogP contribution in [0, 0.1) is 12.8 Å². The van der Waals surface area contributed by atoms with E-state index in [1.807, 2.05) is 64.1 Å². The van der Waals surface area contributed by atoms with Crippen LogP contribution in [0.2, 0.25) is 5.02 Å². The molecule has 0 unspecified atom stereocenters. The number of anilines is 1. The summed E-state index contributed by atoms with van der Waals surface area (Å²) in [5.74, 6) is 0.940. The molecular formula is C34H42ClN3O4. The quantitative estimate of drug-likeness (QED) is 0.299. The zero-order chi connectivity index (χ0) is 29.9. The van der Waals surface area contributed by atoms with Crippen LogP contribution in [0.3, 0.4) is 0 Å². The fourth-order valence-corrected chi connectivity index (χ4v) is 6.11. The molecule has 2 aliphatic heterocycles. The number of hydrogen-bond donors (Lipinski definition) is 1. The molecule has 8 heteroatoms. The van der Waals surface area contributed by atoms with E-state index in [2.05, 4.69) is 29.3 Å². The Kier molecular flexibility index (Phi) is 9.41. The Hall–Kier alpha value is -3.13. The highest BCUT2D eigenvalue weighted by Gasteiger charge is 2.38. The second kappa shape index (κ2) is 13.0. The van der Waals surface area contributed by atoms with Gasteiger partial charge in [-0.05, 0) is 101 Å². The van der Waals surface area contributed by atoms with E-state index in [-0.39, 0.29) is 18.0 Å². The molecule has 224 valence electrons. The van der Waals surface area contributed by atoms with Gasteiger partial charge in [0.2, 0.25) is 0 Å². The standard InChI is InChI=1S/C34H42ClN3O4/c1-6-40-30-20-38(16-14-26(30)33(39)42-34(3,4)5)31-12-8-11-29(37-31)25-9-7-10-28(35)32(25)41-21-23-17-22(2)27-19-36-15-13-24(27)18-23/h7-12,17-18,26,30,36H,6,13-16,19-21H2,1-5H3/t26-,30+/m1/s1. The SMILES string of the molecule is CCO[C@H]1CN(c2cccc(-c3cccc(Cl)c3OCc3cc(C)c4c(c3)CCNC4)n2)CC[C@H]1C(=O)OC(C)(C)C. The first kappa shape index (κ1) is 30.3. The number of nitrogens with one attached hydrogen (secondary N) is 1. The van der Waals surface area contributed by atoms with E-state index in [0.29, 0.717) is 43.5 Å². The highest BCUT2D eigenvalue weighted by atomic mass is 35.5. The molecule has 2 aliphatic rings. The summed E-state index contributed by atoms with van der Waals surface area (Å²) >= 11 is 6.69. The van der Waals surface area contributed by atoms with Crippen molar-refractivity contribution in [3.63, 3.8) is 0 Å². The number of carbonyl (C=O) groups is 1. The molecule has 1 fully saturated rings. The van der Waals surface area contributed by atoms with Crippen LogP contribution >= 0.6 is 11.6 Å². The van der Waals surface area contributed by atoms with Gasteiger partial charge in [-0.3, -0.25) is 4.79 Å². The highest BCUT2D eigenvalue weighted by molar-refractivity contribution is 6.32. The van der Waals surface area contributed by atoms with Gasteiger partial charge in [-0.1, -0.05) is 35.9 Å². The second-order valence-corrected chi connectivity index (χ2v) is 12.5. The first-order valence-electron chi connectivity index (χ1n) is 14.9. The number of esters is 1. The van der Waals surface area contributed by atoms with E-state index in [9.17, 15) is 4.79 Å². The number of pyridine rings is 1. The average Bonchev–Trinajstić information content (AvgIpc) is 2.96. The van der Waals surface area contributed by atoms with Gasteiger partial charge in [-0.15, -0.1) is 0 Å². The lowest BCUT2D eigenvalue weighted by molar-refractivity contribution is -0.166. The Balaban J connectivity index is 1.35. The Morgan fingerprint density at radius 3 is 2.76 bits per heavy atom. The lowest BCUT2D eigenvalue weighted by Crippen LogP contribution is -2.49. The third kappa shape index (κ3) is 7.08. The Bertz CT molecular complexity index is 1420. The first-order chi connectivity index (χ1) is 20.1. The van der Waals surface area contributed by atoms with Crippen molar-refractivity contribution in [2.24, 2.45) is 5.92 Å².